The molecular formula is C12H15FN2O3. The zero-order valence-corrected chi connectivity index (χ0v) is 9.80. The van der Waals surface area contributed by atoms with E-state index in [1.807, 2.05) is 0 Å². The third kappa shape index (κ3) is 2.60. The standard InChI is InChI=1S/C12H15FN2O3/c13-9-3-8(6-16)4-10(5-9)15-1-2-18-7-11(15)12(14)17/h3-5,11,16H,1-2,6-7H2,(H2,14,17). The summed E-state index contributed by atoms with van der Waals surface area (Å²) < 4.78 is 18.6. The lowest BCUT2D eigenvalue weighted by molar-refractivity contribution is -0.121. The number of primary amides is 1. The number of hydrogen-bond acceptors (Lipinski definition) is 4. The zero-order valence-electron chi connectivity index (χ0n) is 9.80. The summed E-state index contributed by atoms with van der Waals surface area (Å²) >= 11 is 0. The van der Waals surface area contributed by atoms with Gasteiger partial charge in [0.25, 0.3) is 0 Å². The SMILES string of the molecule is NC(=O)C1COCCN1c1cc(F)cc(CO)c1. The number of anilines is 1. The van der Waals surface area contributed by atoms with Gasteiger partial charge in [-0.05, 0) is 23.8 Å². The highest BCUT2D eigenvalue weighted by molar-refractivity contribution is 5.84. The maximum Gasteiger partial charge on any atom is 0.242 e. The maximum atomic E-state index is 13.4. The van der Waals surface area contributed by atoms with Crippen LogP contribution in [0.5, 0.6) is 0 Å². The summed E-state index contributed by atoms with van der Waals surface area (Å²) in [6.45, 7) is 0.854. The molecule has 1 amide bonds. The molecule has 0 radical (unpaired) electrons. The van der Waals surface area contributed by atoms with Crippen molar-refractivity contribution in [3.63, 3.8) is 0 Å². The minimum Gasteiger partial charge on any atom is -0.392 e. The van der Waals surface area contributed by atoms with Gasteiger partial charge in [0, 0.05) is 12.2 Å². The van der Waals surface area contributed by atoms with Crippen LogP contribution in [0.4, 0.5) is 10.1 Å². The lowest BCUT2D eigenvalue weighted by Crippen LogP contribution is -2.52. The van der Waals surface area contributed by atoms with E-state index >= 15 is 0 Å². The lowest BCUT2D eigenvalue weighted by Gasteiger charge is -2.35. The molecule has 5 nitrogen and oxygen atoms in total. The summed E-state index contributed by atoms with van der Waals surface area (Å²) in [5, 5.41) is 9.06. The van der Waals surface area contributed by atoms with Gasteiger partial charge in [0.15, 0.2) is 0 Å². The van der Waals surface area contributed by atoms with Gasteiger partial charge >= 0.3 is 0 Å². The minimum atomic E-state index is -0.605. The van der Waals surface area contributed by atoms with Crippen molar-refractivity contribution in [3.05, 3.63) is 29.6 Å². The molecule has 1 atom stereocenters. The topological polar surface area (TPSA) is 75.8 Å². The molecule has 0 spiro atoms. The van der Waals surface area contributed by atoms with Crippen molar-refractivity contribution in [2.45, 2.75) is 12.6 Å². The first-order chi connectivity index (χ1) is 8.61. The van der Waals surface area contributed by atoms with Gasteiger partial charge in [-0.3, -0.25) is 4.79 Å². The number of benzene rings is 1. The van der Waals surface area contributed by atoms with Crippen LogP contribution in [0.3, 0.4) is 0 Å². The molecule has 2 rings (SSSR count). The second kappa shape index (κ2) is 5.32. The number of amides is 1. The molecule has 1 fully saturated rings. The van der Waals surface area contributed by atoms with E-state index in [2.05, 4.69) is 0 Å². The molecule has 1 aromatic rings. The molecule has 1 unspecified atom stereocenters. The van der Waals surface area contributed by atoms with E-state index in [0.29, 0.717) is 24.4 Å². The summed E-state index contributed by atoms with van der Waals surface area (Å²) in [6, 6.07) is 3.61. The second-order valence-electron chi connectivity index (χ2n) is 4.16. The molecule has 0 saturated carbocycles. The molecule has 0 aliphatic carbocycles. The number of ether oxygens (including phenoxy) is 1. The number of rotatable bonds is 3. The first-order valence-corrected chi connectivity index (χ1v) is 5.66. The molecule has 0 bridgehead atoms. The smallest absolute Gasteiger partial charge is 0.242 e. The fraction of sp³-hybridized carbons (Fsp3) is 0.417. The molecule has 0 aromatic heterocycles. The van der Waals surface area contributed by atoms with Crippen molar-refractivity contribution < 1.29 is 19.0 Å². The summed E-state index contributed by atoms with van der Waals surface area (Å²) in [5.74, 6) is -0.962. The maximum absolute atomic E-state index is 13.4. The highest BCUT2D eigenvalue weighted by atomic mass is 19.1. The Morgan fingerprint density at radius 2 is 2.33 bits per heavy atom. The summed E-state index contributed by atoms with van der Waals surface area (Å²) in [6.07, 6.45) is 0. The normalized spacial score (nSPS) is 19.9. The Balaban J connectivity index is 2.33. The van der Waals surface area contributed by atoms with Gasteiger partial charge < -0.3 is 20.5 Å². The number of carbonyl (C=O) groups is 1. The highest BCUT2D eigenvalue weighted by Crippen LogP contribution is 2.22. The predicted molar refractivity (Wildman–Crippen MR) is 63.5 cm³/mol. The zero-order chi connectivity index (χ0) is 13.1. The van der Waals surface area contributed by atoms with Crippen molar-refractivity contribution in [1.29, 1.82) is 0 Å². The third-order valence-corrected chi connectivity index (χ3v) is 2.91. The van der Waals surface area contributed by atoms with E-state index in [1.54, 1.807) is 11.0 Å². The van der Waals surface area contributed by atoms with Gasteiger partial charge in [-0.15, -0.1) is 0 Å². The van der Waals surface area contributed by atoms with Gasteiger partial charge in [0.1, 0.15) is 11.9 Å². The molecule has 18 heavy (non-hydrogen) atoms. The second-order valence-corrected chi connectivity index (χ2v) is 4.16. The van der Waals surface area contributed by atoms with Crippen molar-refractivity contribution >= 4 is 11.6 Å². The minimum absolute atomic E-state index is 0.195. The Kier molecular flexibility index (Phi) is 3.78. The summed E-state index contributed by atoms with van der Waals surface area (Å²) in [7, 11) is 0. The number of carbonyl (C=O) groups excluding carboxylic acids is 1. The molecule has 1 aliphatic heterocycles. The first-order valence-electron chi connectivity index (χ1n) is 5.66. The quantitative estimate of drug-likeness (QED) is 0.796. The Bertz CT molecular complexity index is 453. The van der Waals surface area contributed by atoms with Crippen molar-refractivity contribution in [1.82, 2.24) is 0 Å². The van der Waals surface area contributed by atoms with Crippen molar-refractivity contribution in [2.24, 2.45) is 5.73 Å². The molecule has 1 aromatic carbocycles. The lowest BCUT2D eigenvalue weighted by atomic mass is 10.1. The number of aliphatic hydroxyl groups is 1. The van der Waals surface area contributed by atoms with Crippen LogP contribution in [0.25, 0.3) is 0 Å². The Morgan fingerprint density at radius 1 is 1.56 bits per heavy atom. The summed E-state index contributed by atoms with van der Waals surface area (Å²) in [5.41, 5.74) is 6.29. The van der Waals surface area contributed by atoms with Crippen molar-refractivity contribution in [2.75, 3.05) is 24.7 Å². The Hall–Kier alpha value is -1.66. The van der Waals surface area contributed by atoms with Crippen LogP contribution in [0.2, 0.25) is 0 Å². The van der Waals surface area contributed by atoms with Crippen LogP contribution in [-0.2, 0) is 16.1 Å². The molecule has 1 heterocycles. The van der Waals surface area contributed by atoms with E-state index in [1.165, 1.54) is 12.1 Å². The fourth-order valence-electron chi connectivity index (χ4n) is 2.04. The predicted octanol–water partition coefficient (Wildman–Crippen LogP) is 0.00850. The van der Waals surface area contributed by atoms with Crippen LogP contribution in [0.1, 0.15) is 5.56 Å². The van der Waals surface area contributed by atoms with E-state index in [4.69, 9.17) is 15.6 Å². The van der Waals surface area contributed by atoms with Gasteiger partial charge in [-0.25, -0.2) is 4.39 Å². The van der Waals surface area contributed by atoms with Crippen LogP contribution >= 0.6 is 0 Å². The van der Waals surface area contributed by atoms with Crippen molar-refractivity contribution in [3.8, 4) is 0 Å². The number of nitrogens with zero attached hydrogens (tertiary/aromatic N) is 1. The van der Waals surface area contributed by atoms with Crippen LogP contribution < -0.4 is 10.6 Å². The fourth-order valence-corrected chi connectivity index (χ4v) is 2.04. The monoisotopic (exact) mass is 254 g/mol. The summed E-state index contributed by atoms with van der Waals surface area (Å²) in [4.78, 5) is 13.0. The van der Waals surface area contributed by atoms with Gasteiger partial charge in [0.2, 0.25) is 5.91 Å². The number of halogens is 1. The van der Waals surface area contributed by atoms with Crippen LogP contribution in [-0.4, -0.2) is 36.8 Å². The third-order valence-electron chi connectivity index (χ3n) is 2.91. The van der Waals surface area contributed by atoms with Gasteiger partial charge in [-0.1, -0.05) is 0 Å². The van der Waals surface area contributed by atoms with E-state index in [-0.39, 0.29) is 13.2 Å². The molecular weight excluding hydrogens is 239 g/mol. The van der Waals surface area contributed by atoms with Crippen LogP contribution in [0.15, 0.2) is 18.2 Å². The van der Waals surface area contributed by atoms with Crippen LogP contribution in [0, 0.1) is 5.82 Å². The molecule has 6 heteroatoms. The van der Waals surface area contributed by atoms with E-state index in [0.717, 1.165) is 0 Å². The molecule has 3 N–H and O–H groups in total. The average Bonchev–Trinajstić information content (AvgIpc) is 2.38. The number of morpholine rings is 1. The number of hydrogen-bond donors (Lipinski definition) is 2. The van der Waals surface area contributed by atoms with E-state index < -0.39 is 17.8 Å². The largest absolute Gasteiger partial charge is 0.392 e. The Labute approximate surface area is 104 Å². The number of nitrogens with two attached hydrogens (primary N) is 1. The highest BCUT2D eigenvalue weighted by Gasteiger charge is 2.28. The number of aliphatic hydroxyl groups excluding tert-OH is 1. The average molecular weight is 254 g/mol. The first kappa shape index (κ1) is 12.8. The Morgan fingerprint density at radius 3 is 3.00 bits per heavy atom. The van der Waals surface area contributed by atoms with E-state index in [9.17, 15) is 9.18 Å². The molecule has 1 aliphatic rings. The molecule has 1 saturated heterocycles. The van der Waals surface area contributed by atoms with Gasteiger partial charge in [-0.2, -0.15) is 0 Å². The molecule has 98 valence electrons. The van der Waals surface area contributed by atoms with Gasteiger partial charge in [0.05, 0.1) is 19.8 Å².